The molecule has 5 rings (SSSR count). The Morgan fingerprint density at radius 2 is 2.00 bits per heavy atom. The van der Waals surface area contributed by atoms with Crippen molar-refractivity contribution in [2.24, 2.45) is 17.3 Å². The second kappa shape index (κ2) is 8.56. The molecule has 3 heterocycles. The van der Waals surface area contributed by atoms with E-state index in [-0.39, 0.29) is 29.2 Å². The number of benzene rings is 1. The number of alkyl halides is 3. The molecule has 1 saturated carbocycles. The van der Waals surface area contributed by atoms with Gasteiger partial charge >= 0.3 is 6.18 Å². The van der Waals surface area contributed by atoms with Gasteiger partial charge in [-0.3, -0.25) is 4.79 Å². The molecule has 0 bridgehead atoms. The van der Waals surface area contributed by atoms with E-state index in [1.807, 2.05) is 6.07 Å². The first kappa shape index (κ1) is 23.2. The van der Waals surface area contributed by atoms with Crippen LogP contribution < -0.4 is 5.32 Å². The largest absolute Gasteiger partial charge is 0.416 e. The Bertz CT molecular complexity index is 891. The molecule has 4 aliphatic rings. The molecule has 0 radical (unpaired) electrons. The summed E-state index contributed by atoms with van der Waals surface area (Å²) in [7, 11) is 0. The fourth-order valence-corrected chi connectivity index (χ4v) is 7.10. The predicted octanol–water partition coefficient (Wildman–Crippen LogP) is 4.98. The molecule has 7 atom stereocenters. The van der Waals surface area contributed by atoms with Crippen LogP contribution in [0.3, 0.4) is 0 Å². The SMILES string of the molecule is CC1COCCC1N[C@@H]1CC[C@@]2(C1)C(=O)N1CCC(c3cccc(C(F)(F)F)c3)CC1C2C. The number of piperidine rings is 1. The minimum Gasteiger partial charge on any atom is -0.381 e. The number of hydrogen-bond donors (Lipinski definition) is 1. The molecule has 1 aliphatic carbocycles. The Kier molecular flexibility index (Phi) is 6.01. The summed E-state index contributed by atoms with van der Waals surface area (Å²) in [5.74, 6) is 1.05. The summed E-state index contributed by atoms with van der Waals surface area (Å²) in [4.78, 5) is 15.7. The fraction of sp³-hybridized carbons (Fsp3) is 0.731. The second-order valence-electron chi connectivity index (χ2n) is 10.9. The van der Waals surface area contributed by atoms with Crippen molar-refractivity contribution in [2.45, 2.75) is 82.6 Å². The van der Waals surface area contributed by atoms with Gasteiger partial charge in [0.25, 0.3) is 0 Å². The maximum absolute atomic E-state index is 13.6. The fourth-order valence-electron chi connectivity index (χ4n) is 7.10. The van der Waals surface area contributed by atoms with E-state index in [1.54, 1.807) is 0 Å². The quantitative estimate of drug-likeness (QED) is 0.686. The molecule has 33 heavy (non-hydrogen) atoms. The molecule has 4 fully saturated rings. The first-order valence-electron chi connectivity index (χ1n) is 12.5. The zero-order valence-corrected chi connectivity index (χ0v) is 19.5. The highest BCUT2D eigenvalue weighted by Crippen LogP contribution is 2.55. The van der Waals surface area contributed by atoms with Gasteiger partial charge in [-0.2, -0.15) is 13.2 Å². The van der Waals surface area contributed by atoms with Gasteiger partial charge in [-0.25, -0.2) is 0 Å². The molecule has 0 aromatic heterocycles. The van der Waals surface area contributed by atoms with E-state index >= 15 is 0 Å². The number of rotatable bonds is 3. The first-order chi connectivity index (χ1) is 15.7. The van der Waals surface area contributed by atoms with Gasteiger partial charge < -0.3 is 15.0 Å². The zero-order valence-electron chi connectivity index (χ0n) is 19.5. The Labute approximate surface area is 194 Å². The van der Waals surface area contributed by atoms with Crippen LogP contribution >= 0.6 is 0 Å². The van der Waals surface area contributed by atoms with E-state index in [1.165, 1.54) is 12.1 Å². The summed E-state index contributed by atoms with van der Waals surface area (Å²) in [6, 6.07) is 6.69. The molecule has 3 saturated heterocycles. The number of carbonyl (C=O) groups is 1. The molecule has 1 aromatic carbocycles. The van der Waals surface area contributed by atoms with E-state index in [9.17, 15) is 18.0 Å². The van der Waals surface area contributed by atoms with Gasteiger partial charge in [-0.05, 0) is 67.9 Å². The van der Waals surface area contributed by atoms with Crippen LogP contribution in [0.5, 0.6) is 0 Å². The summed E-state index contributed by atoms with van der Waals surface area (Å²) < 4.78 is 45.3. The lowest BCUT2D eigenvalue weighted by Crippen LogP contribution is -2.46. The zero-order chi connectivity index (χ0) is 23.4. The molecule has 4 nitrogen and oxygen atoms in total. The molecule has 3 aliphatic heterocycles. The van der Waals surface area contributed by atoms with Crippen molar-refractivity contribution < 1.29 is 22.7 Å². The number of nitrogens with zero attached hydrogens (tertiary/aromatic N) is 1. The third-order valence-electron chi connectivity index (χ3n) is 9.11. The molecular weight excluding hydrogens is 429 g/mol. The van der Waals surface area contributed by atoms with Crippen LogP contribution in [0, 0.1) is 17.3 Å². The summed E-state index contributed by atoms with van der Waals surface area (Å²) in [5.41, 5.74) is -0.148. The summed E-state index contributed by atoms with van der Waals surface area (Å²) >= 11 is 0. The van der Waals surface area contributed by atoms with Crippen LogP contribution in [0.25, 0.3) is 0 Å². The number of hydrogen-bond acceptors (Lipinski definition) is 3. The van der Waals surface area contributed by atoms with Crippen molar-refractivity contribution in [1.29, 1.82) is 0 Å². The Balaban J connectivity index is 1.29. The van der Waals surface area contributed by atoms with Gasteiger partial charge in [-0.15, -0.1) is 0 Å². The second-order valence-corrected chi connectivity index (χ2v) is 10.9. The lowest BCUT2D eigenvalue weighted by atomic mass is 9.72. The van der Waals surface area contributed by atoms with Gasteiger partial charge in [0.15, 0.2) is 0 Å². The van der Waals surface area contributed by atoms with E-state index in [4.69, 9.17) is 4.74 Å². The van der Waals surface area contributed by atoms with Crippen molar-refractivity contribution in [1.82, 2.24) is 10.2 Å². The molecule has 1 N–H and O–H groups in total. The number of halogens is 3. The molecular formula is C26H35F3N2O2. The number of carbonyl (C=O) groups excluding carboxylic acids is 1. The van der Waals surface area contributed by atoms with E-state index in [2.05, 4.69) is 24.1 Å². The molecule has 1 aromatic rings. The van der Waals surface area contributed by atoms with Crippen LogP contribution in [-0.4, -0.2) is 48.7 Å². The lowest BCUT2D eigenvalue weighted by molar-refractivity contribution is -0.138. The van der Waals surface area contributed by atoms with Gasteiger partial charge in [0.1, 0.15) is 0 Å². The maximum Gasteiger partial charge on any atom is 0.416 e. The molecule has 7 heteroatoms. The van der Waals surface area contributed by atoms with Gasteiger partial charge in [0, 0.05) is 31.3 Å². The van der Waals surface area contributed by atoms with Crippen LogP contribution in [0.15, 0.2) is 24.3 Å². The minimum atomic E-state index is -4.33. The normalized spacial score (nSPS) is 39.3. The Morgan fingerprint density at radius 3 is 2.76 bits per heavy atom. The standard InChI is InChI=1S/C26H35F3N2O2/c1-16-15-33-11-8-22(16)30-21-6-9-25(14-21)17(2)23-13-19(7-10-31(23)24(25)32)18-4-3-5-20(12-18)26(27,28)29/h3-5,12,16-17,19,21-23,30H,6-11,13-15H2,1-2H3/t16?,17?,19?,21-,22?,23?,25+/m1/s1. The summed E-state index contributed by atoms with van der Waals surface area (Å²) in [6.45, 7) is 6.65. The van der Waals surface area contributed by atoms with Crippen LogP contribution in [0.2, 0.25) is 0 Å². The molecule has 182 valence electrons. The van der Waals surface area contributed by atoms with Crippen molar-refractivity contribution in [3.63, 3.8) is 0 Å². The van der Waals surface area contributed by atoms with Crippen LogP contribution in [-0.2, 0) is 15.7 Å². The third-order valence-corrected chi connectivity index (χ3v) is 9.11. The predicted molar refractivity (Wildman–Crippen MR) is 120 cm³/mol. The minimum absolute atomic E-state index is 0.0670. The van der Waals surface area contributed by atoms with Crippen molar-refractivity contribution >= 4 is 5.91 Å². The van der Waals surface area contributed by atoms with Gasteiger partial charge in [0.2, 0.25) is 5.91 Å². The van der Waals surface area contributed by atoms with Gasteiger partial charge in [0.05, 0.1) is 17.6 Å². The molecule has 1 amide bonds. The number of amides is 1. The van der Waals surface area contributed by atoms with Crippen LogP contribution in [0.1, 0.15) is 69.4 Å². The summed E-state index contributed by atoms with van der Waals surface area (Å²) in [5, 5.41) is 3.84. The van der Waals surface area contributed by atoms with Crippen molar-refractivity contribution in [3.05, 3.63) is 35.4 Å². The van der Waals surface area contributed by atoms with Crippen molar-refractivity contribution in [3.8, 4) is 0 Å². The smallest absolute Gasteiger partial charge is 0.381 e. The van der Waals surface area contributed by atoms with E-state index in [0.29, 0.717) is 24.5 Å². The highest BCUT2D eigenvalue weighted by atomic mass is 19.4. The first-order valence-corrected chi connectivity index (χ1v) is 12.5. The van der Waals surface area contributed by atoms with Gasteiger partial charge in [-0.1, -0.05) is 32.0 Å². The molecule has 1 spiro atoms. The Hall–Kier alpha value is -1.60. The lowest BCUT2D eigenvalue weighted by Gasteiger charge is -2.37. The monoisotopic (exact) mass is 464 g/mol. The highest BCUT2D eigenvalue weighted by Gasteiger charge is 2.60. The third kappa shape index (κ3) is 4.09. The highest BCUT2D eigenvalue weighted by molar-refractivity contribution is 5.86. The Morgan fingerprint density at radius 1 is 1.18 bits per heavy atom. The average molecular weight is 465 g/mol. The van der Waals surface area contributed by atoms with E-state index < -0.39 is 11.7 Å². The molecule has 5 unspecified atom stereocenters. The average Bonchev–Trinajstić information content (AvgIpc) is 3.31. The topological polar surface area (TPSA) is 41.6 Å². The maximum atomic E-state index is 13.6. The van der Waals surface area contributed by atoms with E-state index in [0.717, 1.165) is 63.4 Å². The number of fused-ring (bicyclic) bond motifs is 1. The number of nitrogens with one attached hydrogen (secondary N) is 1. The summed E-state index contributed by atoms with van der Waals surface area (Å²) in [6.07, 6.45) is 0.963. The van der Waals surface area contributed by atoms with Crippen molar-refractivity contribution in [2.75, 3.05) is 19.8 Å². The number of ether oxygens (including phenoxy) is 1. The van der Waals surface area contributed by atoms with Crippen LogP contribution in [0.4, 0.5) is 13.2 Å².